The minimum absolute atomic E-state index is 0.00340. The van der Waals surface area contributed by atoms with Gasteiger partial charge in [-0.1, -0.05) is 28.1 Å². The van der Waals surface area contributed by atoms with E-state index in [1.807, 2.05) is 36.5 Å². The van der Waals surface area contributed by atoms with E-state index in [9.17, 15) is 4.79 Å². The Kier molecular flexibility index (Phi) is 3.53. The first-order valence-electron chi connectivity index (χ1n) is 7.34. The first kappa shape index (κ1) is 14.3. The largest absolute Gasteiger partial charge is 0.467 e. The van der Waals surface area contributed by atoms with Crippen LogP contribution >= 0.6 is 15.9 Å². The van der Waals surface area contributed by atoms with Gasteiger partial charge in [0, 0.05) is 22.4 Å². The van der Waals surface area contributed by atoms with E-state index in [-0.39, 0.29) is 11.8 Å². The third-order valence-corrected chi connectivity index (χ3v) is 4.52. The number of benzene rings is 1. The first-order valence-corrected chi connectivity index (χ1v) is 8.13. The Balaban J connectivity index is 1.73. The molecular weight excluding hydrogens is 358 g/mol. The molecule has 1 amide bonds. The van der Waals surface area contributed by atoms with Gasteiger partial charge in [0.25, 0.3) is 0 Å². The number of aromatic nitrogens is 2. The van der Waals surface area contributed by atoms with E-state index in [1.165, 1.54) is 0 Å². The maximum atomic E-state index is 12.2. The van der Waals surface area contributed by atoms with Gasteiger partial charge >= 0.3 is 0 Å². The van der Waals surface area contributed by atoms with Gasteiger partial charge in [-0.25, -0.2) is 4.68 Å². The molecule has 116 valence electrons. The van der Waals surface area contributed by atoms with E-state index < -0.39 is 0 Å². The average Bonchev–Trinajstić information content (AvgIpc) is 3.18. The van der Waals surface area contributed by atoms with Crippen molar-refractivity contribution in [3.63, 3.8) is 0 Å². The normalized spacial score (nSPS) is 16.9. The molecule has 0 spiro atoms. The summed E-state index contributed by atoms with van der Waals surface area (Å²) in [5.74, 6) is 1.57. The van der Waals surface area contributed by atoms with Crippen molar-refractivity contribution in [2.45, 2.75) is 18.9 Å². The lowest BCUT2D eigenvalue weighted by Crippen LogP contribution is -2.25. The third kappa shape index (κ3) is 2.70. The predicted molar refractivity (Wildman–Crippen MR) is 89.3 cm³/mol. The van der Waals surface area contributed by atoms with Gasteiger partial charge in [0.1, 0.15) is 18.1 Å². The van der Waals surface area contributed by atoms with Gasteiger partial charge in [0.15, 0.2) is 0 Å². The number of hydrogen-bond donors (Lipinski definition) is 1. The summed E-state index contributed by atoms with van der Waals surface area (Å²) in [6, 6.07) is 11.8. The lowest BCUT2D eigenvalue weighted by Gasteiger charge is -2.23. The van der Waals surface area contributed by atoms with Crippen LogP contribution in [0.2, 0.25) is 0 Å². The van der Waals surface area contributed by atoms with Crippen LogP contribution in [-0.4, -0.2) is 15.7 Å². The molecule has 5 nitrogen and oxygen atoms in total. The van der Waals surface area contributed by atoms with Crippen molar-refractivity contribution in [2.24, 2.45) is 0 Å². The molecular formula is C17H14BrN3O2. The minimum atomic E-state index is 0.00340. The first-order chi connectivity index (χ1) is 11.2. The number of carbonyl (C=O) groups excluding carboxylic acids is 1. The Morgan fingerprint density at radius 2 is 2.26 bits per heavy atom. The van der Waals surface area contributed by atoms with Crippen molar-refractivity contribution >= 4 is 27.7 Å². The lowest BCUT2D eigenvalue weighted by atomic mass is 9.87. The Bertz CT molecular complexity index is 855. The Morgan fingerprint density at radius 3 is 3.04 bits per heavy atom. The van der Waals surface area contributed by atoms with Crippen LogP contribution in [0.4, 0.5) is 5.82 Å². The molecule has 0 bridgehead atoms. The SMILES string of the molecule is O=C1C[C@H](c2cccc(Br)c2)c2cnn(Cc3ccco3)c2N1. The van der Waals surface area contributed by atoms with E-state index in [0.717, 1.165) is 27.2 Å². The number of nitrogens with zero attached hydrogens (tertiary/aromatic N) is 2. The van der Waals surface area contributed by atoms with Gasteiger partial charge in [-0.2, -0.15) is 5.10 Å². The number of amides is 1. The number of hydrogen-bond acceptors (Lipinski definition) is 3. The molecule has 3 heterocycles. The summed E-state index contributed by atoms with van der Waals surface area (Å²) in [5.41, 5.74) is 2.14. The summed E-state index contributed by atoms with van der Waals surface area (Å²) in [6.45, 7) is 0.494. The topological polar surface area (TPSA) is 60.1 Å². The van der Waals surface area contributed by atoms with E-state index >= 15 is 0 Å². The molecule has 23 heavy (non-hydrogen) atoms. The summed E-state index contributed by atoms with van der Waals surface area (Å²) >= 11 is 3.50. The maximum absolute atomic E-state index is 12.2. The van der Waals surface area contributed by atoms with Crippen molar-refractivity contribution in [2.75, 3.05) is 5.32 Å². The molecule has 0 saturated heterocycles. The summed E-state index contributed by atoms with van der Waals surface area (Å²) in [6.07, 6.45) is 3.90. The highest BCUT2D eigenvalue weighted by Gasteiger charge is 2.30. The molecule has 0 fully saturated rings. The highest BCUT2D eigenvalue weighted by atomic mass is 79.9. The highest BCUT2D eigenvalue weighted by Crippen LogP contribution is 2.37. The molecule has 1 aliphatic heterocycles. The molecule has 2 aromatic heterocycles. The number of nitrogens with one attached hydrogen (secondary N) is 1. The van der Waals surface area contributed by atoms with Crippen molar-refractivity contribution in [1.82, 2.24) is 9.78 Å². The van der Waals surface area contributed by atoms with E-state index in [4.69, 9.17) is 4.42 Å². The second-order valence-electron chi connectivity index (χ2n) is 5.55. The van der Waals surface area contributed by atoms with Gasteiger partial charge in [-0.3, -0.25) is 4.79 Å². The second kappa shape index (κ2) is 5.70. The zero-order chi connectivity index (χ0) is 15.8. The molecule has 0 unspecified atom stereocenters. The minimum Gasteiger partial charge on any atom is -0.467 e. The monoisotopic (exact) mass is 371 g/mol. The fraction of sp³-hybridized carbons (Fsp3) is 0.176. The molecule has 4 rings (SSSR count). The van der Waals surface area contributed by atoms with Crippen LogP contribution in [0.3, 0.4) is 0 Å². The number of rotatable bonds is 3. The van der Waals surface area contributed by atoms with Crippen LogP contribution in [-0.2, 0) is 11.3 Å². The van der Waals surface area contributed by atoms with Crippen molar-refractivity contribution in [1.29, 1.82) is 0 Å². The van der Waals surface area contributed by atoms with Gasteiger partial charge in [0.05, 0.1) is 12.5 Å². The van der Waals surface area contributed by atoms with Crippen LogP contribution in [0.1, 0.15) is 29.2 Å². The standard InChI is InChI=1S/C17H14BrN3O2/c18-12-4-1-3-11(7-12)14-8-16(22)20-17-15(14)9-19-21(17)10-13-5-2-6-23-13/h1-7,9,14H,8,10H2,(H,20,22)/t14-/m1/s1. The highest BCUT2D eigenvalue weighted by molar-refractivity contribution is 9.10. The molecule has 1 aliphatic rings. The fourth-order valence-electron chi connectivity index (χ4n) is 2.96. The van der Waals surface area contributed by atoms with Gasteiger partial charge in [0.2, 0.25) is 5.91 Å². The van der Waals surface area contributed by atoms with Gasteiger partial charge in [-0.05, 0) is 29.8 Å². The Hall–Kier alpha value is -2.34. The zero-order valence-corrected chi connectivity index (χ0v) is 13.8. The Morgan fingerprint density at radius 1 is 1.35 bits per heavy atom. The van der Waals surface area contributed by atoms with Crippen LogP contribution in [0, 0.1) is 0 Å². The van der Waals surface area contributed by atoms with Gasteiger partial charge in [-0.15, -0.1) is 0 Å². The van der Waals surface area contributed by atoms with Crippen molar-refractivity contribution in [3.05, 3.63) is 70.2 Å². The van der Waals surface area contributed by atoms with Crippen molar-refractivity contribution in [3.8, 4) is 0 Å². The van der Waals surface area contributed by atoms with E-state index in [2.05, 4.69) is 32.4 Å². The van der Waals surface area contributed by atoms with Crippen LogP contribution < -0.4 is 5.32 Å². The quantitative estimate of drug-likeness (QED) is 0.762. The second-order valence-corrected chi connectivity index (χ2v) is 6.46. The predicted octanol–water partition coefficient (Wildman–Crippen LogP) is 3.76. The number of fused-ring (bicyclic) bond motifs is 1. The number of halogens is 1. The zero-order valence-electron chi connectivity index (χ0n) is 12.2. The molecule has 1 N–H and O–H groups in total. The number of anilines is 1. The summed E-state index contributed by atoms with van der Waals surface area (Å²) < 4.78 is 8.15. The summed E-state index contributed by atoms with van der Waals surface area (Å²) in [5, 5.41) is 7.38. The molecule has 1 aromatic carbocycles. The molecule has 0 aliphatic carbocycles. The van der Waals surface area contributed by atoms with E-state index in [0.29, 0.717) is 13.0 Å². The molecule has 1 atom stereocenters. The number of furan rings is 1. The summed E-state index contributed by atoms with van der Waals surface area (Å²) in [4.78, 5) is 12.2. The van der Waals surface area contributed by atoms with Crippen molar-refractivity contribution < 1.29 is 9.21 Å². The summed E-state index contributed by atoms with van der Waals surface area (Å²) in [7, 11) is 0. The van der Waals surface area contributed by atoms with E-state index in [1.54, 1.807) is 10.9 Å². The van der Waals surface area contributed by atoms with Crippen LogP contribution in [0.5, 0.6) is 0 Å². The maximum Gasteiger partial charge on any atom is 0.226 e. The molecule has 6 heteroatoms. The van der Waals surface area contributed by atoms with Crippen LogP contribution in [0.15, 0.2) is 57.7 Å². The average molecular weight is 372 g/mol. The molecule has 0 radical (unpaired) electrons. The van der Waals surface area contributed by atoms with Crippen LogP contribution in [0.25, 0.3) is 0 Å². The fourth-order valence-corrected chi connectivity index (χ4v) is 3.38. The smallest absolute Gasteiger partial charge is 0.226 e. The number of carbonyl (C=O) groups is 1. The molecule has 0 saturated carbocycles. The van der Waals surface area contributed by atoms with Gasteiger partial charge < -0.3 is 9.73 Å². The third-order valence-electron chi connectivity index (χ3n) is 4.03. The molecule has 3 aromatic rings. The lowest BCUT2D eigenvalue weighted by molar-refractivity contribution is -0.116. The Labute approximate surface area is 141 Å².